The van der Waals surface area contributed by atoms with Crippen LogP contribution < -0.4 is 14.9 Å². The lowest BCUT2D eigenvalue weighted by molar-refractivity contribution is -0.385. The molecule has 2 aromatic carbocycles. The van der Waals surface area contributed by atoms with E-state index in [2.05, 4.69) is 10.5 Å². The summed E-state index contributed by atoms with van der Waals surface area (Å²) in [7, 11) is 2.81. The summed E-state index contributed by atoms with van der Waals surface area (Å²) in [6, 6.07) is 12.2. The highest BCUT2D eigenvalue weighted by Crippen LogP contribution is 2.33. The molecule has 22 heavy (non-hydrogen) atoms. The molecule has 0 aliphatic heterocycles. The number of rotatable bonds is 6. The Bertz CT molecular complexity index is 687. The molecule has 0 radical (unpaired) electrons. The maximum Gasteiger partial charge on any atom is 0.314 e. The first-order valence-electron chi connectivity index (χ1n) is 6.40. The number of hydrogen-bond acceptors (Lipinski definition) is 6. The van der Waals surface area contributed by atoms with Crippen LogP contribution in [0.3, 0.4) is 0 Å². The van der Waals surface area contributed by atoms with Crippen LogP contribution in [0, 0.1) is 10.1 Å². The minimum absolute atomic E-state index is 0.145. The third kappa shape index (κ3) is 3.51. The second-order valence-electron chi connectivity index (χ2n) is 4.26. The number of methoxy groups -OCH3 is 2. The normalized spacial score (nSPS) is 10.5. The maximum absolute atomic E-state index is 11.0. The number of nitro groups is 1. The van der Waals surface area contributed by atoms with E-state index in [4.69, 9.17) is 9.47 Å². The Kier molecular flexibility index (Phi) is 4.92. The first-order chi connectivity index (χ1) is 10.7. The first-order valence-corrected chi connectivity index (χ1v) is 6.40. The van der Waals surface area contributed by atoms with Gasteiger partial charge >= 0.3 is 5.69 Å². The summed E-state index contributed by atoms with van der Waals surface area (Å²) in [5.74, 6) is 0.484. The molecule has 2 aromatic rings. The molecule has 1 N–H and O–H groups in total. The highest BCUT2D eigenvalue weighted by molar-refractivity contribution is 5.86. The van der Waals surface area contributed by atoms with Gasteiger partial charge in [-0.05, 0) is 18.2 Å². The van der Waals surface area contributed by atoms with Gasteiger partial charge in [-0.3, -0.25) is 15.5 Å². The lowest BCUT2D eigenvalue weighted by Crippen LogP contribution is -1.99. The van der Waals surface area contributed by atoms with Crippen molar-refractivity contribution in [3.8, 4) is 11.5 Å². The molecule has 114 valence electrons. The number of benzene rings is 2. The lowest BCUT2D eigenvalue weighted by atomic mass is 10.2. The maximum atomic E-state index is 11.0. The fourth-order valence-electron chi connectivity index (χ4n) is 1.84. The van der Waals surface area contributed by atoms with E-state index in [0.717, 1.165) is 5.69 Å². The third-order valence-corrected chi connectivity index (χ3v) is 2.90. The molecule has 7 nitrogen and oxygen atoms in total. The summed E-state index contributed by atoms with van der Waals surface area (Å²) in [6.45, 7) is 0. The molecule has 0 aromatic heterocycles. The van der Waals surface area contributed by atoms with Gasteiger partial charge in [0.25, 0.3) is 0 Å². The van der Waals surface area contributed by atoms with Crippen molar-refractivity contribution in [2.75, 3.05) is 19.6 Å². The van der Waals surface area contributed by atoms with Gasteiger partial charge in [0, 0.05) is 5.56 Å². The Balaban J connectivity index is 2.28. The topological polar surface area (TPSA) is 86.0 Å². The van der Waals surface area contributed by atoms with E-state index < -0.39 is 4.92 Å². The fraction of sp³-hybridized carbons (Fsp3) is 0.133. The minimum atomic E-state index is -0.523. The largest absolute Gasteiger partial charge is 0.496 e. The monoisotopic (exact) mass is 301 g/mol. The van der Waals surface area contributed by atoms with E-state index in [1.54, 1.807) is 0 Å². The predicted octanol–water partition coefficient (Wildman–Crippen LogP) is 3.06. The summed E-state index contributed by atoms with van der Waals surface area (Å²) in [4.78, 5) is 10.5. The Labute approximate surface area is 127 Å². The number of nitrogens with zero attached hydrogens (tertiary/aromatic N) is 2. The van der Waals surface area contributed by atoms with Crippen LogP contribution in [0.15, 0.2) is 47.6 Å². The van der Waals surface area contributed by atoms with Crippen LogP contribution in [0.4, 0.5) is 11.4 Å². The highest BCUT2D eigenvalue weighted by Gasteiger charge is 2.18. The molecular weight excluding hydrogens is 286 g/mol. The molecule has 0 spiro atoms. The first kappa shape index (κ1) is 15.3. The van der Waals surface area contributed by atoms with Crippen molar-refractivity contribution in [1.29, 1.82) is 0 Å². The Hall–Kier alpha value is -3.09. The van der Waals surface area contributed by atoms with E-state index in [-0.39, 0.29) is 11.4 Å². The van der Waals surface area contributed by atoms with Gasteiger partial charge in [-0.15, -0.1) is 0 Å². The molecule has 0 heterocycles. The van der Waals surface area contributed by atoms with Crippen molar-refractivity contribution in [2.24, 2.45) is 5.10 Å². The quantitative estimate of drug-likeness (QED) is 0.503. The van der Waals surface area contributed by atoms with Crippen LogP contribution in [0.1, 0.15) is 5.56 Å². The number of para-hydroxylation sites is 1. The van der Waals surface area contributed by atoms with Gasteiger partial charge in [-0.1, -0.05) is 18.2 Å². The highest BCUT2D eigenvalue weighted by atomic mass is 16.6. The van der Waals surface area contributed by atoms with Crippen LogP contribution in [0.2, 0.25) is 0 Å². The number of anilines is 1. The van der Waals surface area contributed by atoms with Gasteiger partial charge in [0.1, 0.15) is 5.75 Å². The molecule has 7 heteroatoms. The molecule has 0 aliphatic carbocycles. The zero-order chi connectivity index (χ0) is 15.9. The standard InChI is InChI=1S/C15H15N3O4/c1-21-14-9-13(18(19)20)15(22-2)8-11(14)10-16-17-12-6-4-3-5-7-12/h3-10,17H,1-2H3. The fourth-order valence-corrected chi connectivity index (χ4v) is 1.84. The average Bonchev–Trinajstić information content (AvgIpc) is 2.55. The second kappa shape index (κ2) is 7.07. The molecule has 0 amide bonds. The Morgan fingerprint density at radius 1 is 1.14 bits per heavy atom. The molecule has 0 aliphatic rings. The molecule has 0 saturated heterocycles. The van der Waals surface area contributed by atoms with Crippen LogP contribution in [-0.2, 0) is 0 Å². The van der Waals surface area contributed by atoms with Crippen LogP contribution >= 0.6 is 0 Å². The summed E-state index contributed by atoms with van der Waals surface area (Å²) >= 11 is 0. The Morgan fingerprint density at radius 2 is 1.82 bits per heavy atom. The number of hydrazone groups is 1. The number of hydrogen-bond donors (Lipinski definition) is 1. The third-order valence-electron chi connectivity index (χ3n) is 2.90. The van der Waals surface area contributed by atoms with Crippen molar-refractivity contribution < 1.29 is 14.4 Å². The lowest BCUT2D eigenvalue weighted by Gasteiger charge is -2.08. The Morgan fingerprint density at radius 3 is 2.41 bits per heavy atom. The van der Waals surface area contributed by atoms with Crippen LogP contribution in [0.25, 0.3) is 0 Å². The summed E-state index contributed by atoms with van der Waals surface area (Å²) in [5.41, 5.74) is 4.09. The van der Waals surface area contributed by atoms with E-state index in [9.17, 15) is 10.1 Å². The molecular formula is C15H15N3O4. The van der Waals surface area contributed by atoms with Gasteiger partial charge < -0.3 is 9.47 Å². The van der Waals surface area contributed by atoms with Crippen molar-refractivity contribution >= 4 is 17.6 Å². The van der Waals surface area contributed by atoms with E-state index in [1.165, 1.54) is 32.6 Å². The van der Waals surface area contributed by atoms with Gasteiger partial charge in [0.15, 0.2) is 5.75 Å². The van der Waals surface area contributed by atoms with Crippen LogP contribution in [-0.4, -0.2) is 25.4 Å². The van der Waals surface area contributed by atoms with Crippen molar-refractivity contribution in [2.45, 2.75) is 0 Å². The van der Waals surface area contributed by atoms with E-state index >= 15 is 0 Å². The molecule has 0 saturated carbocycles. The summed E-state index contributed by atoms with van der Waals surface area (Å²) < 4.78 is 10.2. The zero-order valence-electron chi connectivity index (χ0n) is 12.1. The van der Waals surface area contributed by atoms with Gasteiger partial charge in [0.2, 0.25) is 0 Å². The molecule has 2 rings (SSSR count). The summed E-state index contributed by atoms with van der Waals surface area (Å²) in [6.07, 6.45) is 1.51. The molecule has 0 bridgehead atoms. The summed E-state index contributed by atoms with van der Waals surface area (Å²) in [5, 5.41) is 15.1. The molecule has 0 atom stereocenters. The van der Waals surface area contributed by atoms with Gasteiger partial charge in [-0.25, -0.2) is 0 Å². The van der Waals surface area contributed by atoms with E-state index in [0.29, 0.717) is 11.3 Å². The average molecular weight is 301 g/mol. The SMILES string of the molecule is COc1cc([N+](=O)[O-])c(OC)cc1C=NNc1ccccc1. The van der Waals surface area contributed by atoms with E-state index in [1.807, 2.05) is 30.3 Å². The molecule has 0 unspecified atom stereocenters. The van der Waals surface area contributed by atoms with Crippen molar-refractivity contribution in [3.63, 3.8) is 0 Å². The number of nitro benzene ring substituents is 1. The van der Waals surface area contributed by atoms with Crippen molar-refractivity contribution in [3.05, 3.63) is 58.1 Å². The molecule has 0 fully saturated rings. The minimum Gasteiger partial charge on any atom is -0.496 e. The zero-order valence-corrected chi connectivity index (χ0v) is 12.1. The van der Waals surface area contributed by atoms with Crippen molar-refractivity contribution in [1.82, 2.24) is 0 Å². The predicted molar refractivity (Wildman–Crippen MR) is 83.9 cm³/mol. The number of ether oxygens (including phenoxy) is 2. The van der Waals surface area contributed by atoms with Gasteiger partial charge in [0.05, 0.1) is 37.1 Å². The number of nitrogens with one attached hydrogen (secondary N) is 1. The van der Waals surface area contributed by atoms with Crippen LogP contribution in [0.5, 0.6) is 11.5 Å². The smallest absolute Gasteiger partial charge is 0.314 e. The van der Waals surface area contributed by atoms with Gasteiger partial charge in [-0.2, -0.15) is 5.10 Å². The second-order valence-corrected chi connectivity index (χ2v) is 4.26.